The third-order valence-corrected chi connectivity index (χ3v) is 6.56. The van der Waals surface area contributed by atoms with Gasteiger partial charge in [0, 0.05) is 6.54 Å². The number of imide groups is 1. The molecular formula is C25H22BrNO4S. The normalized spacial score (nSPS) is 15.1. The number of carbonyl (C=O) groups excluding carboxylic acids is 2. The molecule has 1 aliphatic heterocycles. The van der Waals surface area contributed by atoms with E-state index < -0.39 is 0 Å². The van der Waals surface area contributed by atoms with E-state index in [1.165, 1.54) is 10.3 Å². The summed E-state index contributed by atoms with van der Waals surface area (Å²) in [5, 5.41) is 2.11. The molecule has 3 aromatic rings. The summed E-state index contributed by atoms with van der Waals surface area (Å²) in [4.78, 5) is 26.3. The zero-order valence-corrected chi connectivity index (χ0v) is 20.2. The van der Waals surface area contributed by atoms with Crippen LogP contribution in [-0.4, -0.2) is 29.7 Å². The number of nitrogens with zero attached hydrogens (tertiary/aromatic N) is 1. The van der Waals surface area contributed by atoms with Gasteiger partial charge in [-0.3, -0.25) is 14.5 Å². The molecule has 0 aromatic heterocycles. The SMILES string of the molecule is CCCN1C(=O)S/C(=C/c2cc(Br)c(OCc3ccc4ccccc4c3)c(OC)c2)C1=O. The molecule has 1 fully saturated rings. The molecule has 0 N–H and O–H groups in total. The van der Waals surface area contributed by atoms with Gasteiger partial charge >= 0.3 is 0 Å². The van der Waals surface area contributed by atoms with Crippen molar-refractivity contribution in [1.29, 1.82) is 0 Å². The van der Waals surface area contributed by atoms with Crippen molar-refractivity contribution in [2.45, 2.75) is 20.0 Å². The molecule has 1 saturated heterocycles. The van der Waals surface area contributed by atoms with Crippen molar-refractivity contribution in [3.8, 4) is 11.5 Å². The summed E-state index contributed by atoms with van der Waals surface area (Å²) in [7, 11) is 1.57. The van der Waals surface area contributed by atoms with Gasteiger partial charge in [-0.05, 0) is 80.3 Å². The standard InChI is InChI=1S/C25H22BrNO4S/c1-3-10-27-24(28)22(32-25(27)29)14-17-12-20(26)23(21(13-17)30-2)31-15-16-8-9-18-6-4-5-7-19(18)11-16/h4-9,11-14H,3,10,15H2,1-2H3/b22-14+. The van der Waals surface area contributed by atoms with E-state index in [1.807, 2.05) is 31.2 Å². The Bertz CT molecular complexity index is 1220. The number of halogens is 1. The predicted molar refractivity (Wildman–Crippen MR) is 132 cm³/mol. The second-order valence-electron chi connectivity index (χ2n) is 7.34. The first-order valence-electron chi connectivity index (χ1n) is 10.2. The topological polar surface area (TPSA) is 55.8 Å². The van der Waals surface area contributed by atoms with Crippen molar-refractivity contribution < 1.29 is 19.1 Å². The van der Waals surface area contributed by atoms with Crippen LogP contribution >= 0.6 is 27.7 Å². The lowest BCUT2D eigenvalue weighted by Gasteiger charge is -2.14. The van der Waals surface area contributed by atoms with Gasteiger partial charge < -0.3 is 9.47 Å². The van der Waals surface area contributed by atoms with Gasteiger partial charge in [-0.1, -0.05) is 43.3 Å². The molecule has 1 heterocycles. The highest BCUT2D eigenvalue weighted by Crippen LogP contribution is 2.39. The van der Waals surface area contributed by atoms with E-state index in [0.717, 1.165) is 34.7 Å². The molecule has 0 unspecified atom stereocenters. The summed E-state index contributed by atoms with van der Waals surface area (Å²) in [5.41, 5.74) is 1.79. The van der Waals surface area contributed by atoms with Gasteiger partial charge in [0.1, 0.15) is 6.61 Å². The number of rotatable bonds is 7. The number of fused-ring (bicyclic) bond motifs is 1. The van der Waals surface area contributed by atoms with Crippen LogP contribution in [0.1, 0.15) is 24.5 Å². The molecule has 2 amide bonds. The first kappa shape index (κ1) is 22.4. The molecule has 3 aromatic carbocycles. The van der Waals surface area contributed by atoms with Crippen molar-refractivity contribution in [1.82, 2.24) is 4.90 Å². The lowest BCUT2D eigenvalue weighted by atomic mass is 10.1. The van der Waals surface area contributed by atoms with Crippen molar-refractivity contribution in [3.63, 3.8) is 0 Å². The highest BCUT2D eigenvalue weighted by molar-refractivity contribution is 9.10. The van der Waals surface area contributed by atoms with Crippen molar-refractivity contribution >= 4 is 55.7 Å². The second-order valence-corrected chi connectivity index (χ2v) is 9.19. The second kappa shape index (κ2) is 9.79. The maximum Gasteiger partial charge on any atom is 0.293 e. The fraction of sp³-hybridized carbons (Fsp3) is 0.200. The van der Waals surface area contributed by atoms with Crippen LogP contribution in [0.15, 0.2) is 64.0 Å². The molecule has 1 aliphatic rings. The Kier molecular flexibility index (Phi) is 6.86. The zero-order chi connectivity index (χ0) is 22.7. The van der Waals surface area contributed by atoms with Crippen LogP contribution < -0.4 is 9.47 Å². The Hall–Kier alpha value is -2.77. The van der Waals surface area contributed by atoms with E-state index in [0.29, 0.717) is 34.0 Å². The zero-order valence-electron chi connectivity index (χ0n) is 17.8. The minimum atomic E-state index is -0.256. The Morgan fingerprint density at radius 1 is 1.06 bits per heavy atom. The summed E-state index contributed by atoms with van der Waals surface area (Å²) in [6, 6.07) is 18.1. The number of benzene rings is 3. The fourth-order valence-corrected chi connectivity index (χ4v) is 4.95. The van der Waals surface area contributed by atoms with Crippen LogP contribution in [0.4, 0.5) is 4.79 Å². The summed E-state index contributed by atoms with van der Waals surface area (Å²) in [5.74, 6) is 0.865. The van der Waals surface area contributed by atoms with Crippen LogP contribution in [-0.2, 0) is 11.4 Å². The third kappa shape index (κ3) is 4.69. The minimum absolute atomic E-state index is 0.232. The quantitative estimate of drug-likeness (QED) is 0.333. The smallest absolute Gasteiger partial charge is 0.293 e. The first-order valence-corrected chi connectivity index (χ1v) is 11.8. The lowest BCUT2D eigenvalue weighted by Crippen LogP contribution is -2.28. The Morgan fingerprint density at radius 3 is 2.59 bits per heavy atom. The Balaban J connectivity index is 1.55. The van der Waals surface area contributed by atoms with E-state index in [2.05, 4.69) is 40.2 Å². The monoisotopic (exact) mass is 511 g/mol. The molecule has 0 bridgehead atoms. The number of thioether (sulfide) groups is 1. The Labute approximate surface area is 199 Å². The van der Waals surface area contributed by atoms with Crippen LogP contribution in [0.2, 0.25) is 0 Å². The maximum absolute atomic E-state index is 12.5. The molecule has 0 radical (unpaired) electrons. The van der Waals surface area contributed by atoms with Crippen molar-refractivity contribution in [2.75, 3.05) is 13.7 Å². The highest BCUT2D eigenvalue weighted by Gasteiger charge is 2.34. The van der Waals surface area contributed by atoms with Crippen LogP contribution in [0.3, 0.4) is 0 Å². The van der Waals surface area contributed by atoms with Crippen molar-refractivity contribution in [3.05, 3.63) is 75.1 Å². The van der Waals surface area contributed by atoms with Gasteiger partial charge in [-0.15, -0.1) is 0 Å². The molecule has 32 heavy (non-hydrogen) atoms. The molecular weight excluding hydrogens is 490 g/mol. The van der Waals surface area contributed by atoms with Crippen molar-refractivity contribution in [2.24, 2.45) is 0 Å². The summed E-state index contributed by atoms with van der Waals surface area (Å²) in [6.07, 6.45) is 2.44. The van der Waals surface area contributed by atoms with Crippen LogP contribution in [0, 0.1) is 0 Å². The average molecular weight is 512 g/mol. The maximum atomic E-state index is 12.5. The van der Waals surface area contributed by atoms with E-state index >= 15 is 0 Å². The lowest BCUT2D eigenvalue weighted by molar-refractivity contribution is -0.122. The third-order valence-electron chi connectivity index (χ3n) is 5.07. The molecule has 0 saturated carbocycles. The van der Waals surface area contributed by atoms with E-state index in [1.54, 1.807) is 19.3 Å². The Morgan fingerprint density at radius 2 is 1.84 bits per heavy atom. The van der Waals surface area contributed by atoms with E-state index in [-0.39, 0.29) is 11.1 Å². The predicted octanol–water partition coefficient (Wildman–Crippen LogP) is 6.64. The summed E-state index contributed by atoms with van der Waals surface area (Å²) < 4.78 is 12.3. The minimum Gasteiger partial charge on any atom is -0.493 e. The van der Waals surface area contributed by atoms with Crippen LogP contribution in [0.5, 0.6) is 11.5 Å². The van der Waals surface area contributed by atoms with Gasteiger partial charge in [0.05, 0.1) is 16.5 Å². The van der Waals surface area contributed by atoms with Gasteiger partial charge in [0.25, 0.3) is 11.1 Å². The number of amides is 2. The molecule has 0 spiro atoms. The summed E-state index contributed by atoms with van der Waals surface area (Å²) in [6.45, 7) is 2.75. The molecule has 7 heteroatoms. The number of hydrogen-bond donors (Lipinski definition) is 0. The van der Waals surface area contributed by atoms with E-state index in [4.69, 9.17) is 9.47 Å². The molecule has 0 aliphatic carbocycles. The fourth-order valence-electron chi connectivity index (χ4n) is 3.52. The number of ether oxygens (including phenoxy) is 2. The largest absolute Gasteiger partial charge is 0.493 e. The molecule has 4 rings (SSSR count). The molecule has 0 atom stereocenters. The average Bonchev–Trinajstić information content (AvgIpc) is 3.05. The van der Waals surface area contributed by atoms with E-state index in [9.17, 15) is 9.59 Å². The highest BCUT2D eigenvalue weighted by atomic mass is 79.9. The van der Waals surface area contributed by atoms with Gasteiger partial charge in [-0.2, -0.15) is 0 Å². The number of carbonyl (C=O) groups is 2. The number of hydrogen-bond acceptors (Lipinski definition) is 5. The van der Waals surface area contributed by atoms with Gasteiger partial charge in [0.15, 0.2) is 11.5 Å². The molecule has 164 valence electrons. The van der Waals surface area contributed by atoms with Crippen LogP contribution in [0.25, 0.3) is 16.8 Å². The van der Waals surface area contributed by atoms with Gasteiger partial charge in [0.2, 0.25) is 0 Å². The van der Waals surface area contributed by atoms with Gasteiger partial charge in [-0.25, -0.2) is 0 Å². The first-order chi connectivity index (χ1) is 15.5. The summed E-state index contributed by atoms with van der Waals surface area (Å²) >= 11 is 4.52. The number of methoxy groups -OCH3 is 1. The molecule has 5 nitrogen and oxygen atoms in total.